The Morgan fingerprint density at radius 1 is 1.28 bits per heavy atom. The molecule has 168 valence electrons. The van der Waals surface area contributed by atoms with E-state index in [1.165, 1.54) is 6.33 Å². The Bertz CT molecular complexity index is 1210. The number of ether oxygens (including phenoxy) is 1. The second-order valence-corrected chi connectivity index (χ2v) is 9.57. The van der Waals surface area contributed by atoms with E-state index < -0.39 is 5.79 Å². The van der Waals surface area contributed by atoms with Crippen LogP contribution in [-0.2, 0) is 11.2 Å². The molecule has 0 amide bonds. The molecule has 4 aromatic rings. The third-order valence-electron chi connectivity index (χ3n) is 6.48. The lowest BCUT2D eigenvalue weighted by molar-refractivity contribution is -0.221. The Hall–Kier alpha value is -2.48. The van der Waals surface area contributed by atoms with Gasteiger partial charge in [0.2, 0.25) is 0 Å². The number of nitrogens with zero attached hydrogens (tertiary/aromatic N) is 4. The highest BCUT2D eigenvalue weighted by Crippen LogP contribution is 2.46. The molecule has 1 aliphatic rings. The van der Waals surface area contributed by atoms with Crippen LogP contribution in [-0.4, -0.2) is 36.5 Å². The van der Waals surface area contributed by atoms with E-state index in [1.54, 1.807) is 20.0 Å². The third kappa shape index (κ3) is 4.00. The molecule has 0 spiro atoms. The van der Waals surface area contributed by atoms with E-state index in [9.17, 15) is 5.11 Å². The van der Waals surface area contributed by atoms with Gasteiger partial charge in [-0.25, -0.2) is 9.97 Å². The van der Waals surface area contributed by atoms with Crippen molar-refractivity contribution in [2.75, 3.05) is 0 Å². The van der Waals surface area contributed by atoms with Gasteiger partial charge in [0.15, 0.2) is 11.4 Å². The topological polar surface area (TPSA) is 86.2 Å². The van der Waals surface area contributed by atoms with E-state index in [-0.39, 0.29) is 24.0 Å². The standard InChI is InChI=1S/C24H27ClN4O3/c1-14-19(29-10-8-17-22(25)27-13-28-23(17)29)11-15(21(14)32-24(2,3)30)6-7-16-12-18-20(31-16)5-4-9-26-18/h4-5,8-10,12-15,19,21,30H,6-7,11H2,1-3H3/t14-,15-,19+,21-/m0/s1. The summed E-state index contributed by atoms with van der Waals surface area (Å²) in [6, 6.07) is 7.96. The lowest BCUT2D eigenvalue weighted by Crippen LogP contribution is -2.36. The quantitative estimate of drug-likeness (QED) is 0.319. The number of pyridine rings is 1. The molecule has 1 aliphatic carbocycles. The molecule has 1 fully saturated rings. The van der Waals surface area contributed by atoms with Crippen molar-refractivity contribution in [1.29, 1.82) is 0 Å². The van der Waals surface area contributed by atoms with E-state index in [1.807, 2.05) is 30.5 Å². The van der Waals surface area contributed by atoms with E-state index in [2.05, 4.69) is 26.4 Å². The van der Waals surface area contributed by atoms with Crippen LogP contribution in [0.5, 0.6) is 0 Å². The van der Waals surface area contributed by atoms with Crippen molar-refractivity contribution in [3.63, 3.8) is 0 Å². The first kappa shape index (κ1) is 21.4. The highest BCUT2D eigenvalue weighted by atomic mass is 35.5. The van der Waals surface area contributed by atoms with Crippen LogP contribution >= 0.6 is 11.6 Å². The zero-order valence-electron chi connectivity index (χ0n) is 18.4. The van der Waals surface area contributed by atoms with Crippen LogP contribution in [0.1, 0.15) is 45.4 Å². The second-order valence-electron chi connectivity index (χ2n) is 9.21. The summed E-state index contributed by atoms with van der Waals surface area (Å²) in [5, 5.41) is 11.7. The van der Waals surface area contributed by atoms with Crippen LogP contribution in [0.4, 0.5) is 0 Å². The SMILES string of the molecule is C[C@@H]1[C@H](OC(C)(C)O)[C@@H](CCc2cc3ncccc3o2)C[C@H]1n1ccc2c(Cl)ncnc21. The average molecular weight is 455 g/mol. The number of aliphatic hydroxyl groups is 1. The summed E-state index contributed by atoms with van der Waals surface area (Å²) in [5.74, 6) is 0.132. The van der Waals surface area contributed by atoms with Gasteiger partial charge in [-0.2, -0.15) is 0 Å². The first-order valence-corrected chi connectivity index (χ1v) is 11.4. The second kappa shape index (κ2) is 8.14. The maximum atomic E-state index is 10.4. The molecular formula is C24H27ClN4O3. The molecule has 0 aliphatic heterocycles. The van der Waals surface area contributed by atoms with E-state index in [0.717, 1.165) is 47.2 Å². The third-order valence-corrected chi connectivity index (χ3v) is 6.78. The van der Waals surface area contributed by atoms with Crippen LogP contribution < -0.4 is 0 Å². The van der Waals surface area contributed by atoms with Gasteiger partial charge in [0, 0.05) is 36.8 Å². The highest BCUT2D eigenvalue weighted by molar-refractivity contribution is 6.33. The van der Waals surface area contributed by atoms with E-state index in [0.29, 0.717) is 5.15 Å². The van der Waals surface area contributed by atoms with Crippen LogP contribution in [0.15, 0.2) is 47.4 Å². The largest absolute Gasteiger partial charge is 0.459 e. The van der Waals surface area contributed by atoms with Crippen LogP contribution in [0.2, 0.25) is 5.15 Å². The Kier molecular flexibility index (Phi) is 5.43. The summed E-state index contributed by atoms with van der Waals surface area (Å²) >= 11 is 6.27. The minimum atomic E-state index is -1.21. The van der Waals surface area contributed by atoms with Gasteiger partial charge < -0.3 is 18.8 Å². The first-order chi connectivity index (χ1) is 15.3. The van der Waals surface area contributed by atoms with Crippen molar-refractivity contribution in [2.45, 2.75) is 58.0 Å². The van der Waals surface area contributed by atoms with Gasteiger partial charge in [0.1, 0.15) is 28.4 Å². The molecule has 4 aromatic heterocycles. The molecule has 0 aromatic carbocycles. The highest BCUT2D eigenvalue weighted by Gasteiger charge is 2.44. The molecule has 0 saturated heterocycles. The molecular weight excluding hydrogens is 428 g/mol. The molecule has 1 N–H and O–H groups in total. The number of halogens is 1. The smallest absolute Gasteiger partial charge is 0.160 e. The van der Waals surface area contributed by atoms with E-state index in [4.69, 9.17) is 20.8 Å². The van der Waals surface area contributed by atoms with E-state index >= 15 is 0 Å². The summed E-state index contributed by atoms with van der Waals surface area (Å²) in [6.07, 6.45) is 7.78. The summed E-state index contributed by atoms with van der Waals surface area (Å²) < 4.78 is 14.3. The molecule has 0 unspecified atom stereocenters. The Balaban J connectivity index is 1.41. The Morgan fingerprint density at radius 2 is 2.12 bits per heavy atom. The molecule has 32 heavy (non-hydrogen) atoms. The molecule has 8 heteroatoms. The van der Waals surface area contributed by atoms with Gasteiger partial charge in [-0.15, -0.1) is 0 Å². The lowest BCUT2D eigenvalue weighted by Gasteiger charge is -2.31. The van der Waals surface area contributed by atoms with Crippen LogP contribution in [0, 0.1) is 11.8 Å². The van der Waals surface area contributed by atoms with Gasteiger partial charge in [-0.1, -0.05) is 18.5 Å². The lowest BCUT2D eigenvalue weighted by atomic mass is 9.96. The van der Waals surface area contributed by atoms with Gasteiger partial charge in [-0.05, 0) is 50.8 Å². The van der Waals surface area contributed by atoms with Crippen molar-refractivity contribution in [3.05, 3.63) is 53.9 Å². The number of fused-ring (bicyclic) bond motifs is 2. The van der Waals surface area contributed by atoms with Crippen molar-refractivity contribution in [1.82, 2.24) is 19.5 Å². The molecule has 4 atom stereocenters. The van der Waals surface area contributed by atoms with Gasteiger partial charge in [0.25, 0.3) is 0 Å². The summed E-state index contributed by atoms with van der Waals surface area (Å²) in [7, 11) is 0. The number of aryl methyl sites for hydroxylation is 1. The zero-order valence-corrected chi connectivity index (χ0v) is 19.2. The zero-order chi connectivity index (χ0) is 22.5. The van der Waals surface area contributed by atoms with Gasteiger partial charge in [0.05, 0.1) is 11.5 Å². The van der Waals surface area contributed by atoms with Crippen LogP contribution in [0.3, 0.4) is 0 Å². The molecule has 0 radical (unpaired) electrons. The van der Waals surface area contributed by atoms with Crippen molar-refractivity contribution < 1.29 is 14.3 Å². The number of aromatic nitrogens is 4. The molecule has 1 saturated carbocycles. The number of furan rings is 1. The molecule has 0 bridgehead atoms. The van der Waals surface area contributed by atoms with Gasteiger partial charge >= 0.3 is 0 Å². The summed E-state index contributed by atoms with van der Waals surface area (Å²) in [5.41, 5.74) is 2.51. The fraction of sp³-hybridized carbons (Fsp3) is 0.458. The van der Waals surface area contributed by atoms with Crippen molar-refractivity contribution in [2.24, 2.45) is 11.8 Å². The average Bonchev–Trinajstić information content (AvgIpc) is 3.42. The van der Waals surface area contributed by atoms with Gasteiger partial charge in [-0.3, -0.25) is 4.98 Å². The van der Waals surface area contributed by atoms with Crippen LogP contribution in [0.25, 0.3) is 22.1 Å². The summed E-state index contributed by atoms with van der Waals surface area (Å²) in [6.45, 7) is 5.56. The Labute approximate surface area is 191 Å². The molecule has 5 rings (SSSR count). The predicted octanol–water partition coefficient (Wildman–Crippen LogP) is 5.17. The molecule has 4 heterocycles. The maximum Gasteiger partial charge on any atom is 0.160 e. The van der Waals surface area contributed by atoms with Crippen molar-refractivity contribution >= 4 is 33.7 Å². The Morgan fingerprint density at radius 3 is 2.91 bits per heavy atom. The monoisotopic (exact) mass is 454 g/mol. The summed E-state index contributed by atoms with van der Waals surface area (Å²) in [4.78, 5) is 12.9. The fourth-order valence-corrected chi connectivity index (χ4v) is 5.26. The minimum absolute atomic E-state index is 0.0998. The van der Waals surface area contributed by atoms with Crippen molar-refractivity contribution in [3.8, 4) is 0 Å². The number of hydrogen-bond donors (Lipinski definition) is 1. The minimum Gasteiger partial charge on any atom is -0.459 e. The number of hydrogen-bond acceptors (Lipinski definition) is 6. The molecule has 7 nitrogen and oxygen atoms in total. The predicted molar refractivity (Wildman–Crippen MR) is 122 cm³/mol. The fourth-order valence-electron chi connectivity index (χ4n) is 5.07. The normalized spacial score (nSPS) is 24.0. The maximum absolute atomic E-state index is 10.4. The number of rotatable bonds is 6. The first-order valence-electron chi connectivity index (χ1n) is 11.0.